The summed E-state index contributed by atoms with van der Waals surface area (Å²) in [5.74, 6) is -0.00251. The number of rotatable bonds is 2. The summed E-state index contributed by atoms with van der Waals surface area (Å²) in [5.41, 5.74) is 2.23. The van der Waals surface area contributed by atoms with E-state index < -0.39 is 0 Å². The number of carbonyl (C=O) groups excluding carboxylic acids is 2. The van der Waals surface area contributed by atoms with Gasteiger partial charge in [0.1, 0.15) is 0 Å². The molecule has 2 aliphatic heterocycles. The smallest absolute Gasteiger partial charge is 0.317 e. The van der Waals surface area contributed by atoms with E-state index in [1.54, 1.807) is 23.9 Å². The molecular formula is C17H23N3O3. The zero-order chi connectivity index (χ0) is 16.4. The van der Waals surface area contributed by atoms with Crippen LogP contribution in [0.25, 0.3) is 0 Å². The molecule has 1 fully saturated rings. The van der Waals surface area contributed by atoms with Crippen LogP contribution in [0.2, 0.25) is 0 Å². The molecule has 1 N–H and O–H groups in total. The fraction of sp³-hybridized carbons (Fsp3) is 0.529. The lowest BCUT2D eigenvalue weighted by atomic mass is 9.99. The van der Waals surface area contributed by atoms with E-state index in [-0.39, 0.29) is 23.9 Å². The standard InChI is InChI=1S/C17H23N3O3/c1-19(2)16(21)12-7-8-20(9-12)17(22)18-15-11-23-10-13-5-3-4-6-14(13)15/h3-6,12,15H,7-11H2,1-2H3,(H,18,22). The molecule has 0 spiro atoms. The number of amides is 3. The highest BCUT2D eigenvalue weighted by Crippen LogP contribution is 2.25. The molecule has 0 saturated carbocycles. The average Bonchev–Trinajstić information content (AvgIpc) is 3.04. The van der Waals surface area contributed by atoms with Crippen LogP contribution < -0.4 is 5.32 Å². The van der Waals surface area contributed by atoms with Crippen molar-refractivity contribution in [2.45, 2.75) is 19.1 Å². The second-order valence-electron chi connectivity index (χ2n) is 6.38. The summed E-state index contributed by atoms with van der Waals surface area (Å²) >= 11 is 0. The minimum Gasteiger partial charge on any atom is -0.374 e. The fourth-order valence-electron chi connectivity index (χ4n) is 3.25. The van der Waals surface area contributed by atoms with Crippen molar-refractivity contribution < 1.29 is 14.3 Å². The van der Waals surface area contributed by atoms with Gasteiger partial charge in [-0.05, 0) is 17.5 Å². The third kappa shape index (κ3) is 3.32. The maximum Gasteiger partial charge on any atom is 0.317 e. The van der Waals surface area contributed by atoms with Crippen LogP contribution in [-0.2, 0) is 16.1 Å². The number of carbonyl (C=O) groups is 2. The summed E-state index contributed by atoms with van der Waals surface area (Å²) in [6.07, 6.45) is 0.724. The number of hydrogen-bond acceptors (Lipinski definition) is 3. The number of benzene rings is 1. The first-order chi connectivity index (χ1) is 11.1. The van der Waals surface area contributed by atoms with E-state index in [9.17, 15) is 9.59 Å². The molecule has 1 aromatic carbocycles. The van der Waals surface area contributed by atoms with Gasteiger partial charge in [0.2, 0.25) is 5.91 Å². The first kappa shape index (κ1) is 15.8. The van der Waals surface area contributed by atoms with Gasteiger partial charge in [-0.25, -0.2) is 4.79 Å². The second kappa shape index (κ2) is 6.58. The van der Waals surface area contributed by atoms with E-state index in [0.717, 1.165) is 17.5 Å². The number of likely N-dealkylation sites (tertiary alicyclic amines) is 1. The van der Waals surface area contributed by atoms with Crippen molar-refractivity contribution in [1.82, 2.24) is 15.1 Å². The molecule has 3 rings (SSSR count). The van der Waals surface area contributed by atoms with Gasteiger partial charge in [-0.15, -0.1) is 0 Å². The van der Waals surface area contributed by atoms with Crippen LogP contribution in [0.15, 0.2) is 24.3 Å². The zero-order valence-corrected chi connectivity index (χ0v) is 13.6. The SMILES string of the molecule is CN(C)C(=O)C1CCN(C(=O)NC2COCc3ccccc32)C1. The third-order valence-electron chi connectivity index (χ3n) is 4.54. The Balaban J connectivity index is 1.62. The van der Waals surface area contributed by atoms with Gasteiger partial charge in [0.15, 0.2) is 0 Å². The summed E-state index contributed by atoms with van der Waals surface area (Å²) in [6, 6.07) is 7.76. The minimum absolute atomic E-state index is 0.0895. The van der Waals surface area contributed by atoms with Crippen LogP contribution in [0.1, 0.15) is 23.6 Å². The molecule has 6 nitrogen and oxygen atoms in total. The molecule has 2 atom stereocenters. The Morgan fingerprint density at radius 2 is 2.09 bits per heavy atom. The quantitative estimate of drug-likeness (QED) is 0.896. The normalized spacial score (nSPS) is 23.3. The van der Waals surface area contributed by atoms with E-state index in [1.165, 1.54) is 0 Å². The van der Waals surface area contributed by atoms with Gasteiger partial charge in [0.05, 0.1) is 25.2 Å². The number of nitrogens with zero attached hydrogens (tertiary/aromatic N) is 2. The molecule has 3 amide bonds. The van der Waals surface area contributed by atoms with Crippen LogP contribution in [-0.4, -0.2) is 55.5 Å². The molecule has 2 unspecified atom stereocenters. The second-order valence-corrected chi connectivity index (χ2v) is 6.38. The zero-order valence-electron chi connectivity index (χ0n) is 13.6. The molecule has 124 valence electrons. The molecule has 0 bridgehead atoms. The Kier molecular flexibility index (Phi) is 4.52. The minimum atomic E-state index is -0.129. The highest BCUT2D eigenvalue weighted by molar-refractivity contribution is 5.81. The van der Waals surface area contributed by atoms with Crippen molar-refractivity contribution in [2.24, 2.45) is 5.92 Å². The van der Waals surface area contributed by atoms with E-state index in [2.05, 4.69) is 5.32 Å². The number of hydrogen-bond donors (Lipinski definition) is 1. The summed E-state index contributed by atoms with van der Waals surface area (Å²) in [7, 11) is 3.50. The van der Waals surface area contributed by atoms with Gasteiger partial charge in [-0.3, -0.25) is 4.79 Å². The van der Waals surface area contributed by atoms with E-state index in [1.807, 2.05) is 24.3 Å². The Morgan fingerprint density at radius 3 is 2.87 bits per heavy atom. The third-order valence-corrected chi connectivity index (χ3v) is 4.54. The maximum atomic E-state index is 12.5. The van der Waals surface area contributed by atoms with Crippen molar-refractivity contribution in [3.8, 4) is 0 Å². The maximum absolute atomic E-state index is 12.5. The number of nitrogens with one attached hydrogen (secondary N) is 1. The first-order valence-electron chi connectivity index (χ1n) is 7.98. The van der Waals surface area contributed by atoms with Crippen LogP contribution in [0.4, 0.5) is 4.79 Å². The molecular weight excluding hydrogens is 294 g/mol. The first-order valence-corrected chi connectivity index (χ1v) is 7.98. The Hall–Kier alpha value is -2.08. The van der Waals surface area contributed by atoms with Gasteiger partial charge in [0, 0.05) is 27.2 Å². The lowest BCUT2D eigenvalue weighted by Gasteiger charge is -2.28. The molecule has 1 aromatic rings. The number of urea groups is 1. The molecule has 0 radical (unpaired) electrons. The molecule has 6 heteroatoms. The molecule has 2 aliphatic rings. The van der Waals surface area contributed by atoms with Gasteiger partial charge in [-0.2, -0.15) is 0 Å². The van der Waals surface area contributed by atoms with Crippen molar-refractivity contribution >= 4 is 11.9 Å². The Labute approximate surface area is 136 Å². The van der Waals surface area contributed by atoms with Crippen molar-refractivity contribution in [1.29, 1.82) is 0 Å². The molecule has 0 aliphatic carbocycles. The summed E-state index contributed by atoms with van der Waals surface area (Å²) in [4.78, 5) is 27.8. The van der Waals surface area contributed by atoms with Crippen LogP contribution in [0.3, 0.4) is 0 Å². The summed E-state index contributed by atoms with van der Waals surface area (Å²) < 4.78 is 5.57. The number of fused-ring (bicyclic) bond motifs is 1. The fourth-order valence-corrected chi connectivity index (χ4v) is 3.25. The lowest BCUT2D eigenvalue weighted by molar-refractivity contribution is -0.132. The molecule has 23 heavy (non-hydrogen) atoms. The van der Waals surface area contributed by atoms with Crippen LogP contribution >= 0.6 is 0 Å². The predicted octanol–water partition coefficient (Wildman–Crippen LogP) is 1.38. The van der Waals surface area contributed by atoms with E-state index in [0.29, 0.717) is 26.3 Å². The Morgan fingerprint density at radius 1 is 1.30 bits per heavy atom. The highest BCUT2D eigenvalue weighted by Gasteiger charge is 2.33. The number of ether oxygens (including phenoxy) is 1. The van der Waals surface area contributed by atoms with Gasteiger partial charge < -0.3 is 19.9 Å². The highest BCUT2D eigenvalue weighted by atomic mass is 16.5. The van der Waals surface area contributed by atoms with Crippen molar-refractivity contribution in [3.05, 3.63) is 35.4 Å². The van der Waals surface area contributed by atoms with Crippen LogP contribution in [0.5, 0.6) is 0 Å². The summed E-state index contributed by atoms with van der Waals surface area (Å²) in [6.45, 7) is 2.17. The molecule has 2 heterocycles. The van der Waals surface area contributed by atoms with Crippen molar-refractivity contribution in [3.63, 3.8) is 0 Å². The Bertz CT molecular complexity index is 603. The molecule has 0 aromatic heterocycles. The van der Waals surface area contributed by atoms with E-state index in [4.69, 9.17) is 4.74 Å². The van der Waals surface area contributed by atoms with Gasteiger partial charge >= 0.3 is 6.03 Å². The molecule has 1 saturated heterocycles. The summed E-state index contributed by atoms with van der Waals surface area (Å²) in [5, 5.41) is 3.04. The van der Waals surface area contributed by atoms with Gasteiger partial charge in [-0.1, -0.05) is 24.3 Å². The monoisotopic (exact) mass is 317 g/mol. The topological polar surface area (TPSA) is 61.9 Å². The van der Waals surface area contributed by atoms with E-state index >= 15 is 0 Å². The van der Waals surface area contributed by atoms with Gasteiger partial charge in [0.25, 0.3) is 0 Å². The predicted molar refractivity (Wildman–Crippen MR) is 85.7 cm³/mol. The van der Waals surface area contributed by atoms with Crippen LogP contribution in [0, 0.1) is 5.92 Å². The van der Waals surface area contributed by atoms with Crippen molar-refractivity contribution in [2.75, 3.05) is 33.8 Å². The largest absolute Gasteiger partial charge is 0.374 e. The lowest BCUT2D eigenvalue weighted by Crippen LogP contribution is -2.43. The average molecular weight is 317 g/mol.